The van der Waals surface area contributed by atoms with Crippen LogP contribution >= 0.6 is 12.4 Å². The van der Waals surface area contributed by atoms with Gasteiger partial charge in [-0.1, -0.05) is 30.4 Å². The second-order valence-electron chi connectivity index (χ2n) is 2.95. The minimum Gasteiger partial charge on any atom is -0.399 e. The van der Waals surface area contributed by atoms with Gasteiger partial charge >= 0.3 is 0 Å². The fraction of sp³-hybridized carbons (Fsp3) is 0.0909. The molecule has 0 fully saturated rings. The highest BCUT2D eigenvalue weighted by molar-refractivity contribution is 5.85. The number of nitrogens with two attached hydrogens (primary N) is 1. The van der Waals surface area contributed by atoms with Crippen molar-refractivity contribution in [2.45, 2.75) is 6.42 Å². The second-order valence-corrected chi connectivity index (χ2v) is 2.95. The molecule has 0 radical (unpaired) electrons. The highest BCUT2D eigenvalue weighted by Gasteiger charge is 2.05. The largest absolute Gasteiger partial charge is 0.399 e. The Morgan fingerprint density at radius 1 is 1.15 bits per heavy atom. The number of hydrogen-bond donors (Lipinski definition) is 1. The van der Waals surface area contributed by atoms with Gasteiger partial charge in [0.25, 0.3) is 0 Å². The molecule has 0 aliphatic heterocycles. The number of rotatable bonds is 0. The first-order chi connectivity index (χ1) is 5.86. The quantitative estimate of drug-likeness (QED) is 0.629. The summed E-state index contributed by atoms with van der Waals surface area (Å²) in [7, 11) is 0. The van der Waals surface area contributed by atoms with Crippen LogP contribution in [0.15, 0.2) is 59.4 Å². The van der Waals surface area contributed by atoms with E-state index in [1.54, 1.807) is 0 Å². The summed E-state index contributed by atoms with van der Waals surface area (Å²) in [6.07, 6.45) is 15.4. The summed E-state index contributed by atoms with van der Waals surface area (Å²) in [5.74, 6) is 0. The van der Waals surface area contributed by atoms with Gasteiger partial charge in [0.1, 0.15) is 0 Å². The van der Waals surface area contributed by atoms with Crippen molar-refractivity contribution in [3.05, 3.63) is 59.4 Å². The molecule has 0 unspecified atom stereocenters. The van der Waals surface area contributed by atoms with Gasteiger partial charge in [0.05, 0.1) is 0 Å². The molecule has 2 N–H and O–H groups in total. The molecule has 0 saturated heterocycles. The third kappa shape index (κ3) is 2.13. The Bertz CT molecular complexity index is 343. The van der Waals surface area contributed by atoms with Crippen LogP contribution in [-0.2, 0) is 0 Å². The van der Waals surface area contributed by atoms with Crippen molar-refractivity contribution in [2.75, 3.05) is 0 Å². The van der Waals surface area contributed by atoms with E-state index in [9.17, 15) is 0 Å². The van der Waals surface area contributed by atoms with E-state index in [2.05, 4.69) is 24.3 Å². The number of allylic oxidation sites excluding steroid dienone is 9. The topological polar surface area (TPSA) is 26.0 Å². The van der Waals surface area contributed by atoms with Crippen molar-refractivity contribution >= 4 is 12.4 Å². The lowest BCUT2D eigenvalue weighted by Crippen LogP contribution is -1.94. The molecule has 68 valence electrons. The third-order valence-electron chi connectivity index (χ3n) is 2.03. The van der Waals surface area contributed by atoms with Crippen LogP contribution in [0.2, 0.25) is 0 Å². The summed E-state index contributed by atoms with van der Waals surface area (Å²) in [6.45, 7) is 0. The van der Waals surface area contributed by atoms with E-state index in [0.717, 1.165) is 12.1 Å². The van der Waals surface area contributed by atoms with Gasteiger partial charge in [-0.15, -0.1) is 12.4 Å². The molecular weight excluding hydrogens is 182 g/mol. The average Bonchev–Trinajstić information content (AvgIpc) is 2.25. The van der Waals surface area contributed by atoms with E-state index < -0.39 is 0 Å². The molecule has 0 amide bonds. The summed E-state index contributed by atoms with van der Waals surface area (Å²) in [5, 5.41) is 0. The molecule has 0 aromatic carbocycles. The van der Waals surface area contributed by atoms with Gasteiger partial charge < -0.3 is 5.73 Å². The maximum absolute atomic E-state index is 5.72. The van der Waals surface area contributed by atoms with E-state index in [0.29, 0.717) is 0 Å². The third-order valence-corrected chi connectivity index (χ3v) is 2.03. The van der Waals surface area contributed by atoms with Crippen LogP contribution in [0.25, 0.3) is 0 Å². The SMILES string of the molecule is Cl.NC1=CC2=CC=CCC2=CC=C1. The molecule has 0 saturated carbocycles. The predicted molar refractivity (Wildman–Crippen MR) is 58.6 cm³/mol. The van der Waals surface area contributed by atoms with E-state index >= 15 is 0 Å². The van der Waals surface area contributed by atoms with Crippen LogP contribution < -0.4 is 5.73 Å². The lowest BCUT2D eigenvalue weighted by atomic mass is 9.98. The van der Waals surface area contributed by atoms with Gasteiger partial charge in [0.15, 0.2) is 0 Å². The smallest absolute Gasteiger partial charge is 0.0320 e. The van der Waals surface area contributed by atoms with Crippen LogP contribution in [0.4, 0.5) is 0 Å². The van der Waals surface area contributed by atoms with Crippen molar-refractivity contribution in [1.82, 2.24) is 0 Å². The van der Waals surface area contributed by atoms with E-state index in [-0.39, 0.29) is 12.4 Å². The van der Waals surface area contributed by atoms with Crippen LogP contribution in [-0.4, -0.2) is 0 Å². The summed E-state index contributed by atoms with van der Waals surface area (Å²) in [5.41, 5.74) is 9.12. The zero-order chi connectivity index (χ0) is 8.39. The molecule has 2 aliphatic rings. The Morgan fingerprint density at radius 2 is 2.00 bits per heavy atom. The summed E-state index contributed by atoms with van der Waals surface area (Å²) < 4.78 is 0. The lowest BCUT2D eigenvalue weighted by molar-refractivity contribution is 1.22. The van der Waals surface area contributed by atoms with E-state index in [1.165, 1.54) is 11.1 Å². The van der Waals surface area contributed by atoms with Crippen LogP contribution in [0.3, 0.4) is 0 Å². The van der Waals surface area contributed by atoms with Gasteiger partial charge in [-0.3, -0.25) is 0 Å². The standard InChI is InChI=1S/C11H11N.ClH/c12-11-7-3-6-9-4-1-2-5-10(9)8-11;/h1-3,5-8H,4,12H2;1H. The molecule has 0 atom stereocenters. The first kappa shape index (κ1) is 9.87. The summed E-state index contributed by atoms with van der Waals surface area (Å²) in [6, 6.07) is 0. The Morgan fingerprint density at radius 3 is 2.85 bits per heavy atom. The molecule has 0 aromatic heterocycles. The van der Waals surface area contributed by atoms with Gasteiger partial charge in [-0.25, -0.2) is 0 Å². The molecule has 1 nitrogen and oxygen atoms in total. The minimum atomic E-state index is 0. The molecule has 13 heavy (non-hydrogen) atoms. The molecule has 0 spiro atoms. The monoisotopic (exact) mass is 193 g/mol. The Balaban J connectivity index is 0.000000845. The molecular formula is C11H12ClN. The highest BCUT2D eigenvalue weighted by Crippen LogP contribution is 2.23. The van der Waals surface area contributed by atoms with Crippen molar-refractivity contribution in [2.24, 2.45) is 5.73 Å². The van der Waals surface area contributed by atoms with Crippen LogP contribution in [0.1, 0.15) is 6.42 Å². The minimum absolute atomic E-state index is 0. The Hall–Kier alpha value is -1.21. The highest BCUT2D eigenvalue weighted by atomic mass is 35.5. The normalized spacial score (nSPS) is 18.9. The van der Waals surface area contributed by atoms with Crippen LogP contribution in [0, 0.1) is 0 Å². The van der Waals surface area contributed by atoms with Gasteiger partial charge in [-0.2, -0.15) is 0 Å². The average molecular weight is 194 g/mol. The summed E-state index contributed by atoms with van der Waals surface area (Å²) >= 11 is 0. The summed E-state index contributed by atoms with van der Waals surface area (Å²) in [4.78, 5) is 0. The first-order valence-electron chi connectivity index (χ1n) is 4.08. The molecule has 2 aliphatic carbocycles. The van der Waals surface area contributed by atoms with E-state index in [1.807, 2.05) is 18.2 Å². The van der Waals surface area contributed by atoms with Gasteiger partial charge in [0.2, 0.25) is 0 Å². The van der Waals surface area contributed by atoms with Gasteiger partial charge in [-0.05, 0) is 29.7 Å². The molecule has 2 heteroatoms. The fourth-order valence-corrected chi connectivity index (χ4v) is 1.40. The number of fused-ring (bicyclic) bond motifs is 1. The second kappa shape index (κ2) is 4.15. The zero-order valence-electron chi connectivity index (χ0n) is 7.23. The number of hydrogen-bond acceptors (Lipinski definition) is 1. The Labute approximate surface area is 84.4 Å². The maximum atomic E-state index is 5.72. The van der Waals surface area contributed by atoms with Crippen molar-refractivity contribution in [3.63, 3.8) is 0 Å². The molecule has 2 rings (SSSR count). The fourth-order valence-electron chi connectivity index (χ4n) is 1.40. The Kier molecular flexibility index (Phi) is 3.15. The van der Waals surface area contributed by atoms with Gasteiger partial charge in [0, 0.05) is 5.70 Å². The van der Waals surface area contributed by atoms with E-state index in [4.69, 9.17) is 5.73 Å². The molecule has 0 heterocycles. The predicted octanol–water partition coefficient (Wildman–Crippen LogP) is 2.63. The van der Waals surface area contributed by atoms with Crippen molar-refractivity contribution in [3.8, 4) is 0 Å². The number of halogens is 1. The van der Waals surface area contributed by atoms with Crippen LogP contribution in [0.5, 0.6) is 0 Å². The first-order valence-corrected chi connectivity index (χ1v) is 4.08. The van der Waals surface area contributed by atoms with Crippen molar-refractivity contribution in [1.29, 1.82) is 0 Å². The maximum Gasteiger partial charge on any atom is 0.0320 e. The lowest BCUT2D eigenvalue weighted by Gasteiger charge is -2.07. The molecule has 0 aromatic rings. The molecule has 0 bridgehead atoms. The van der Waals surface area contributed by atoms with Crippen molar-refractivity contribution < 1.29 is 0 Å². The zero-order valence-corrected chi connectivity index (χ0v) is 8.05.